The summed E-state index contributed by atoms with van der Waals surface area (Å²) in [5.74, 6) is -1.25. The Kier molecular flexibility index (Phi) is 4.29. The normalized spacial score (nSPS) is 16.9. The van der Waals surface area contributed by atoms with Gasteiger partial charge in [0.2, 0.25) is 10.0 Å². The maximum atomic E-state index is 12.3. The van der Waals surface area contributed by atoms with Crippen LogP contribution in [-0.4, -0.2) is 43.4 Å². The molecule has 9 heteroatoms. The highest BCUT2D eigenvalue weighted by atomic mass is 79.9. The van der Waals surface area contributed by atoms with Crippen LogP contribution in [-0.2, 0) is 21.2 Å². The zero-order chi connectivity index (χ0) is 15.8. The minimum absolute atomic E-state index is 0.0782. The van der Waals surface area contributed by atoms with Gasteiger partial charge in [0, 0.05) is 16.5 Å². The molecule has 0 spiro atoms. The molecule has 0 aliphatic carbocycles. The first-order chi connectivity index (χ1) is 9.63. The molecule has 0 fully saturated rings. The monoisotopic (exact) mass is 379 g/mol. The molecule has 0 radical (unpaired) electrons. The van der Waals surface area contributed by atoms with Crippen molar-refractivity contribution in [1.29, 1.82) is 0 Å². The summed E-state index contributed by atoms with van der Waals surface area (Å²) in [5.41, 5.74) is -1.43. The summed E-state index contributed by atoms with van der Waals surface area (Å²) in [6.07, 6.45) is 0.601. The Morgan fingerprint density at radius 3 is 2.81 bits per heavy atom. The number of rotatable bonds is 5. The van der Waals surface area contributed by atoms with Crippen molar-refractivity contribution in [3.05, 3.63) is 22.2 Å². The smallest absolute Gasteiger partial charge is 0.336 e. The summed E-state index contributed by atoms with van der Waals surface area (Å²) >= 11 is 3.23. The van der Waals surface area contributed by atoms with E-state index in [4.69, 9.17) is 9.84 Å². The van der Waals surface area contributed by atoms with E-state index in [0.29, 0.717) is 17.5 Å². The minimum atomic E-state index is -4.00. The molecule has 1 atom stereocenters. The number of hydrogen-bond acceptors (Lipinski definition) is 5. The molecule has 0 bridgehead atoms. The Balaban J connectivity index is 2.31. The zero-order valence-electron chi connectivity index (χ0n) is 11.1. The van der Waals surface area contributed by atoms with Gasteiger partial charge in [0.15, 0.2) is 5.60 Å². The van der Waals surface area contributed by atoms with Gasteiger partial charge in [0.1, 0.15) is 10.6 Å². The topological polar surface area (TPSA) is 113 Å². The number of aliphatic hydroxyl groups is 1. The summed E-state index contributed by atoms with van der Waals surface area (Å²) in [7, 11) is -4.00. The second-order valence-corrected chi connectivity index (χ2v) is 7.55. The van der Waals surface area contributed by atoms with Crippen molar-refractivity contribution in [3.63, 3.8) is 0 Å². The van der Waals surface area contributed by atoms with E-state index in [0.717, 1.165) is 12.5 Å². The summed E-state index contributed by atoms with van der Waals surface area (Å²) < 4.78 is 32.6. The highest BCUT2D eigenvalue weighted by Crippen LogP contribution is 2.35. The van der Waals surface area contributed by atoms with E-state index < -0.39 is 28.1 Å². The van der Waals surface area contributed by atoms with Gasteiger partial charge in [-0.2, -0.15) is 0 Å². The summed E-state index contributed by atoms with van der Waals surface area (Å²) in [6.45, 7) is 0.757. The minimum Gasteiger partial charge on any atom is -0.492 e. The average molecular weight is 380 g/mol. The summed E-state index contributed by atoms with van der Waals surface area (Å²) in [6, 6.07) is 3.15. The van der Waals surface area contributed by atoms with Crippen molar-refractivity contribution < 1.29 is 28.2 Å². The summed E-state index contributed by atoms with van der Waals surface area (Å²) in [4.78, 5) is 10.7. The first-order valence-corrected chi connectivity index (χ1v) is 8.32. The number of carbonyl (C=O) groups is 1. The van der Waals surface area contributed by atoms with E-state index in [1.54, 1.807) is 6.07 Å². The number of fused-ring (bicyclic) bond motifs is 1. The van der Waals surface area contributed by atoms with Crippen molar-refractivity contribution in [3.8, 4) is 5.75 Å². The number of benzene rings is 1. The molecular formula is C12H14BrNO6S. The maximum absolute atomic E-state index is 12.3. The number of nitrogens with one attached hydrogen (secondary N) is 1. The molecule has 1 aromatic carbocycles. The lowest BCUT2D eigenvalue weighted by Crippen LogP contribution is -2.46. The fraction of sp³-hybridized carbons (Fsp3) is 0.417. The largest absolute Gasteiger partial charge is 0.492 e. The number of aliphatic carboxylic acids is 1. The maximum Gasteiger partial charge on any atom is 0.336 e. The van der Waals surface area contributed by atoms with Gasteiger partial charge in [-0.25, -0.2) is 17.9 Å². The van der Waals surface area contributed by atoms with Gasteiger partial charge in [-0.1, -0.05) is 15.9 Å². The predicted molar refractivity (Wildman–Crippen MR) is 76.8 cm³/mol. The molecule has 0 saturated heterocycles. The molecule has 0 amide bonds. The third-order valence-corrected chi connectivity index (χ3v) is 4.94. The molecule has 2 rings (SSSR count). The number of hydrogen-bond donors (Lipinski definition) is 3. The van der Waals surface area contributed by atoms with E-state index in [1.807, 2.05) is 0 Å². The van der Waals surface area contributed by atoms with Crippen molar-refractivity contribution in [1.82, 2.24) is 4.72 Å². The molecule has 7 nitrogen and oxygen atoms in total. The third-order valence-electron chi connectivity index (χ3n) is 3.07. The lowest BCUT2D eigenvalue weighted by atomic mass is 10.1. The second-order valence-electron chi connectivity index (χ2n) is 4.89. The number of sulfonamides is 1. The van der Waals surface area contributed by atoms with Gasteiger partial charge in [0.05, 0.1) is 13.2 Å². The second kappa shape index (κ2) is 5.56. The predicted octanol–water partition coefficient (Wildman–Crippen LogP) is 0.498. The lowest BCUT2D eigenvalue weighted by molar-refractivity contribution is -0.155. The van der Waals surface area contributed by atoms with Crippen LogP contribution in [0.1, 0.15) is 12.5 Å². The molecule has 1 aromatic rings. The standard InChI is InChI=1S/C12H14BrNO6S/c1-12(17,11(15)16)6-14-21(18,19)9-5-8(13)4-7-2-3-20-10(7)9/h4-5,14,17H,2-3,6H2,1H3,(H,15,16). The van der Waals surface area contributed by atoms with Crippen LogP contribution in [0.3, 0.4) is 0 Å². The molecule has 116 valence electrons. The van der Waals surface area contributed by atoms with E-state index in [-0.39, 0.29) is 10.6 Å². The van der Waals surface area contributed by atoms with Crippen molar-refractivity contribution in [2.75, 3.05) is 13.2 Å². The van der Waals surface area contributed by atoms with Crippen LogP contribution in [0.2, 0.25) is 0 Å². The van der Waals surface area contributed by atoms with Gasteiger partial charge >= 0.3 is 5.97 Å². The Hall–Kier alpha value is -1.16. The lowest BCUT2D eigenvalue weighted by Gasteiger charge is -2.19. The highest BCUT2D eigenvalue weighted by molar-refractivity contribution is 9.10. The highest BCUT2D eigenvalue weighted by Gasteiger charge is 2.33. The van der Waals surface area contributed by atoms with Crippen molar-refractivity contribution >= 4 is 31.9 Å². The van der Waals surface area contributed by atoms with E-state index >= 15 is 0 Å². The fourth-order valence-corrected chi connectivity index (χ4v) is 3.82. The molecule has 1 heterocycles. The number of carboxylic acids is 1. The zero-order valence-corrected chi connectivity index (χ0v) is 13.5. The Morgan fingerprint density at radius 2 is 2.19 bits per heavy atom. The van der Waals surface area contributed by atoms with Crippen LogP contribution >= 0.6 is 15.9 Å². The molecule has 3 N–H and O–H groups in total. The fourth-order valence-electron chi connectivity index (χ4n) is 1.82. The quantitative estimate of drug-likeness (QED) is 0.686. The van der Waals surface area contributed by atoms with E-state index in [9.17, 15) is 18.3 Å². The molecule has 21 heavy (non-hydrogen) atoms. The van der Waals surface area contributed by atoms with Crippen molar-refractivity contribution in [2.24, 2.45) is 0 Å². The molecular weight excluding hydrogens is 366 g/mol. The van der Waals surface area contributed by atoms with Crippen LogP contribution in [0.4, 0.5) is 0 Å². The van der Waals surface area contributed by atoms with Gasteiger partial charge in [0.25, 0.3) is 0 Å². The third kappa shape index (κ3) is 3.37. The van der Waals surface area contributed by atoms with Crippen LogP contribution in [0.25, 0.3) is 0 Å². The Bertz CT molecular complexity index is 685. The average Bonchev–Trinajstić information content (AvgIpc) is 2.83. The number of carboxylic acid groups (broad SMARTS) is 1. The number of ether oxygens (including phenoxy) is 1. The molecule has 1 unspecified atom stereocenters. The molecule has 0 saturated carbocycles. The Labute approximate surface area is 130 Å². The van der Waals surface area contributed by atoms with Gasteiger partial charge in [-0.15, -0.1) is 0 Å². The first-order valence-electron chi connectivity index (χ1n) is 6.04. The number of halogens is 1. The van der Waals surface area contributed by atoms with Crippen LogP contribution in [0, 0.1) is 0 Å². The van der Waals surface area contributed by atoms with Crippen molar-refractivity contribution in [2.45, 2.75) is 23.8 Å². The van der Waals surface area contributed by atoms with Gasteiger partial charge in [-0.05, 0) is 19.1 Å². The van der Waals surface area contributed by atoms with Crippen LogP contribution in [0.5, 0.6) is 5.75 Å². The van der Waals surface area contributed by atoms with Gasteiger partial charge < -0.3 is 14.9 Å². The Morgan fingerprint density at radius 1 is 1.52 bits per heavy atom. The van der Waals surface area contributed by atoms with Crippen LogP contribution in [0.15, 0.2) is 21.5 Å². The molecule has 0 aromatic heterocycles. The van der Waals surface area contributed by atoms with E-state index in [2.05, 4.69) is 20.7 Å². The van der Waals surface area contributed by atoms with Crippen LogP contribution < -0.4 is 9.46 Å². The summed E-state index contributed by atoms with van der Waals surface area (Å²) in [5, 5.41) is 18.4. The molecule has 1 aliphatic rings. The SMILES string of the molecule is CC(O)(CNS(=O)(=O)c1cc(Br)cc2c1OCC2)C(=O)O. The van der Waals surface area contributed by atoms with E-state index in [1.165, 1.54) is 6.07 Å². The molecule has 1 aliphatic heterocycles. The first kappa shape index (κ1) is 16.2. The van der Waals surface area contributed by atoms with Gasteiger partial charge in [-0.3, -0.25) is 0 Å².